The zero-order chi connectivity index (χ0) is 30.1. The van der Waals surface area contributed by atoms with Crippen molar-refractivity contribution in [2.24, 2.45) is 5.16 Å². The number of aryl methyl sites for hydroxylation is 1. The number of β-lactam (4-membered cyclic amide) rings is 1. The molecular weight excluding hydrogens is 614 g/mol. The fourth-order valence-corrected chi connectivity index (χ4v) is 6.86. The molecule has 0 aromatic carbocycles. The van der Waals surface area contributed by atoms with Crippen LogP contribution in [0.2, 0.25) is 0 Å². The Morgan fingerprint density at radius 3 is 2.81 bits per heavy atom. The maximum Gasteiger partial charge on any atom is 0.352 e. The zero-order valence-electron chi connectivity index (χ0n) is 21.4. The minimum absolute atomic E-state index is 0.0363. The number of nitrogens with zero attached hydrogens (tertiary/aromatic N) is 5. The van der Waals surface area contributed by atoms with Crippen LogP contribution in [0.5, 0.6) is 5.75 Å². The second kappa shape index (κ2) is 11.8. The van der Waals surface area contributed by atoms with Crippen molar-refractivity contribution in [3.8, 4) is 5.75 Å². The van der Waals surface area contributed by atoms with E-state index in [1.807, 2.05) is 0 Å². The van der Waals surface area contributed by atoms with E-state index >= 15 is 0 Å². The molecule has 19 heteroatoms. The number of carboxylic acids is 1. The normalized spacial score (nSPS) is 18.5. The molecule has 3 aromatic rings. The first-order valence-corrected chi connectivity index (χ1v) is 14.8. The van der Waals surface area contributed by atoms with Gasteiger partial charge in [-0.05, 0) is 12.5 Å². The Morgan fingerprint density at radius 1 is 1.36 bits per heavy atom. The van der Waals surface area contributed by atoms with Crippen molar-refractivity contribution in [2.45, 2.75) is 30.2 Å². The van der Waals surface area contributed by atoms with Crippen molar-refractivity contribution in [1.29, 1.82) is 0 Å². The largest absolute Gasteiger partial charge is 0.503 e. The first-order valence-electron chi connectivity index (χ1n) is 11.8. The molecule has 1 fully saturated rings. The van der Waals surface area contributed by atoms with Gasteiger partial charge in [0.2, 0.25) is 5.43 Å². The van der Waals surface area contributed by atoms with Gasteiger partial charge < -0.3 is 35.7 Å². The van der Waals surface area contributed by atoms with Crippen LogP contribution in [0.1, 0.15) is 17.1 Å². The van der Waals surface area contributed by atoms with E-state index in [0.717, 1.165) is 28.5 Å². The third-order valence-electron chi connectivity index (χ3n) is 5.94. The number of fused-ring (bicyclic) bond motifs is 1. The molecule has 3 aromatic heterocycles. The van der Waals surface area contributed by atoms with Crippen molar-refractivity contribution >= 4 is 63.5 Å². The highest BCUT2D eigenvalue weighted by atomic mass is 32.2. The number of rotatable bonds is 10. The minimum Gasteiger partial charge on any atom is -0.503 e. The number of nitrogens with two attached hydrogens (primary N) is 1. The first-order chi connectivity index (χ1) is 20.0. The number of carbonyl (C=O) groups is 3. The standard InChI is InChI=1S/C23H21N7O9S3/c1-9-4-38-23(25-9)42-7-10-6-40-20-16(19(34)30(20)17(10)21(35)36)27-18(33)15(12-8-41-22(24)26-12)28-39-5-11-2-13(31)14(32)3-29(11)37/h2-4,8,16,20,32,37H,5-7H2,1H3,(H2,24,26)(H,27,33)(H,35,36)/b28-15-/t16-,20-/m1/s1. The number of aromatic hydroxyl groups is 1. The summed E-state index contributed by atoms with van der Waals surface area (Å²) in [6, 6.07) is -0.152. The van der Waals surface area contributed by atoms with Crippen molar-refractivity contribution in [3.05, 3.63) is 62.5 Å². The molecule has 42 heavy (non-hydrogen) atoms. The van der Waals surface area contributed by atoms with E-state index in [1.165, 1.54) is 35.2 Å². The van der Waals surface area contributed by atoms with E-state index in [-0.39, 0.29) is 39.4 Å². The van der Waals surface area contributed by atoms with Gasteiger partial charge in [0.05, 0.1) is 11.9 Å². The van der Waals surface area contributed by atoms with Gasteiger partial charge in [-0.15, -0.1) is 23.1 Å². The Morgan fingerprint density at radius 2 is 2.14 bits per heavy atom. The zero-order valence-corrected chi connectivity index (χ0v) is 23.9. The summed E-state index contributed by atoms with van der Waals surface area (Å²) < 4.78 is 5.76. The van der Waals surface area contributed by atoms with Gasteiger partial charge in [-0.3, -0.25) is 19.3 Å². The molecule has 6 N–H and O–H groups in total. The summed E-state index contributed by atoms with van der Waals surface area (Å²) in [5, 5.41) is 36.8. The lowest BCUT2D eigenvalue weighted by molar-refractivity contribution is -0.150. The number of hydrogen-bond acceptors (Lipinski definition) is 15. The lowest BCUT2D eigenvalue weighted by atomic mass is 10.0. The number of carboxylic acid groups (broad SMARTS) is 1. The molecule has 0 radical (unpaired) electrons. The van der Waals surface area contributed by atoms with Gasteiger partial charge in [0.1, 0.15) is 34.8 Å². The summed E-state index contributed by atoms with van der Waals surface area (Å²) >= 11 is 3.52. The topological polar surface area (TPSA) is 236 Å². The monoisotopic (exact) mass is 635 g/mol. The summed E-state index contributed by atoms with van der Waals surface area (Å²) in [5.74, 6) is -2.91. The van der Waals surface area contributed by atoms with E-state index in [0.29, 0.717) is 21.2 Å². The van der Waals surface area contributed by atoms with Gasteiger partial charge >= 0.3 is 5.97 Å². The van der Waals surface area contributed by atoms with E-state index < -0.39 is 47.0 Å². The number of oxime groups is 1. The van der Waals surface area contributed by atoms with Crippen LogP contribution in [0.25, 0.3) is 0 Å². The molecule has 5 rings (SSSR count). The summed E-state index contributed by atoms with van der Waals surface area (Å²) in [5.41, 5.74) is 5.57. The smallest absolute Gasteiger partial charge is 0.352 e. The average molecular weight is 636 g/mol. The molecular formula is C23H21N7O9S3. The number of carbonyl (C=O) groups excluding carboxylic acids is 2. The Hall–Kier alpha value is -4.49. The average Bonchev–Trinajstić information content (AvgIpc) is 3.57. The summed E-state index contributed by atoms with van der Waals surface area (Å²) in [4.78, 5) is 64.7. The molecule has 0 saturated carbocycles. The fraction of sp³-hybridized carbons (Fsp3) is 0.261. The molecule has 2 atom stereocenters. The molecule has 220 valence electrons. The summed E-state index contributed by atoms with van der Waals surface area (Å²) in [7, 11) is 0. The van der Waals surface area contributed by atoms with Crippen LogP contribution < -0.4 is 16.5 Å². The number of nitrogens with one attached hydrogen (secondary N) is 1. The van der Waals surface area contributed by atoms with Crippen LogP contribution in [0, 0.1) is 6.92 Å². The number of anilines is 1. The Bertz CT molecular complexity index is 1700. The first kappa shape index (κ1) is 29.0. The number of thioether (sulfide) groups is 2. The van der Waals surface area contributed by atoms with E-state index in [1.54, 1.807) is 6.92 Å². The van der Waals surface area contributed by atoms with Gasteiger partial charge in [-0.2, -0.15) is 4.73 Å². The molecule has 5 heterocycles. The highest BCUT2D eigenvalue weighted by molar-refractivity contribution is 8.01. The van der Waals surface area contributed by atoms with Gasteiger partial charge in [0.15, 0.2) is 23.2 Å². The van der Waals surface area contributed by atoms with Gasteiger partial charge in [-0.1, -0.05) is 16.9 Å². The third kappa shape index (κ3) is 5.78. The number of thiazole rings is 1. The summed E-state index contributed by atoms with van der Waals surface area (Å²) in [6.07, 6.45) is 2.25. The Labute approximate surface area is 247 Å². The van der Waals surface area contributed by atoms with Crippen LogP contribution in [-0.2, 0) is 25.8 Å². The number of aromatic nitrogens is 3. The predicted octanol–water partition coefficient (Wildman–Crippen LogP) is 0.578. The lowest BCUT2D eigenvalue weighted by Crippen LogP contribution is -2.71. The number of pyridine rings is 1. The molecule has 1 saturated heterocycles. The maximum atomic E-state index is 13.3. The van der Waals surface area contributed by atoms with Crippen LogP contribution in [0.4, 0.5) is 5.13 Å². The van der Waals surface area contributed by atoms with Gasteiger partial charge in [0.25, 0.3) is 17.0 Å². The molecule has 2 aliphatic heterocycles. The summed E-state index contributed by atoms with van der Waals surface area (Å²) in [6.45, 7) is 1.29. The van der Waals surface area contributed by atoms with Crippen LogP contribution in [0.3, 0.4) is 0 Å². The Balaban J connectivity index is 1.31. The van der Waals surface area contributed by atoms with Crippen LogP contribution in [0.15, 0.2) is 54.8 Å². The molecule has 0 bridgehead atoms. The second-order valence-corrected chi connectivity index (χ2v) is 11.7. The van der Waals surface area contributed by atoms with Crippen LogP contribution in [-0.4, -0.2) is 81.4 Å². The molecule has 0 spiro atoms. The van der Waals surface area contributed by atoms with Gasteiger partial charge in [0, 0.05) is 23.0 Å². The number of aliphatic carboxylic acids is 1. The van der Waals surface area contributed by atoms with Crippen LogP contribution >= 0.6 is 34.9 Å². The minimum atomic E-state index is -1.28. The number of hydrogen-bond donors (Lipinski definition) is 5. The molecule has 0 aliphatic carbocycles. The van der Waals surface area contributed by atoms with Gasteiger partial charge in [-0.25, -0.2) is 14.8 Å². The second-order valence-electron chi connectivity index (χ2n) is 8.80. The number of oxazole rings is 1. The number of amides is 2. The molecule has 0 unspecified atom stereocenters. The number of nitrogen functional groups attached to an aromatic ring is 1. The van der Waals surface area contributed by atoms with Crippen molar-refractivity contribution in [2.75, 3.05) is 17.2 Å². The predicted molar refractivity (Wildman–Crippen MR) is 149 cm³/mol. The van der Waals surface area contributed by atoms with E-state index in [2.05, 4.69) is 20.4 Å². The fourth-order valence-electron chi connectivity index (χ4n) is 3.98. The molecule has 2 aliphatic rings. The molecule has 16 nitrogen and oxygen atoms in total. The Kier molecular flexibility index (Phi) is 8.14. The van der Waals surface area contributed by atoms with Crippen molar-refractivity contribution in [1.82, 2.24) is 24.9 Å². The third-order valence-corrected chi connectivity index (χ3v) is 8.88. The van der Waals surface area contributed by atoms with Crippen molar-refractivity contribution in [3.63, 3.8) is 0 Å². The highest BCUT2D eigenvalue weighted by Crippen LogP contribution is 2.41. The molecule has 2 amide bonds. The highest BCUT2D eigenvalue weighted by Gasteiger charge is 2.54. The quantitative estimate of drug-likeness (QED) is 0.0674. The van der Waals surface area contributed by atoms with E-state index in [9.17, 15) is 34.6 Å². The van der Waals surface area contributed by atoms with E-state index in [4.69, 9.17) is 15.0 Å². The van der Waals surface area contributed by atoms with Crippen molar-refractivity contribution < 1.29 is 39.1 Å². The SMILES string of the molecule is Cc1coc(SCC2=C(C(=O)O)N3C(=O)[C@@H](NC(=O)/C(=N\OCc4cc(=O)c(O)cn4O)c4csc(N)n4)[C@H]3SC2)n1. The lowest BCUT2D eigenvalue weighted by Gasteiger charge is -2.49. The maximum absolute atomic E-state index is 13.3.